The zero-order valence-corrected chi connectivity index (χ0v) is 15.6. The van der Waals surface area contributed by atoms with Crippen LogP contribution in [0.3, 0.4) is 0 Å². The summed E-state index contributed by atoms with van der Waals surface area (Å²) < 4.78 is 0. The fraction of sp³-hybridized carbons (Fsp3) is 0.333. The molecule has 0 fully saturated rings. The zero-order valence-electron chi connectivity index (χ0n) is 15.6. The van der Waals surface area contributed by atoms with Crippen molar-refractivity contribution in [1.29, 1.82) is 0 Å². The maximum absolute atomic E-state index is 10.9. The monoisotopic (exact) mass is 358 g/mol. The van der Waals surface area contributed by atoms with Gasteiger partial charge in [0.05, 0.1) is 0 Å². The molecule has 1 unspecified atom stereocenters. The van der Waals surface area contributed by atoms with Gasteiger partial charge in [-0.3, -0.25) is 4.90 Å². The number of aryl methyl sites for hydroxylation is 1. The van der Waals surface area contributed by atoms with Crippen LogP contribution in [0.25, 0.3) is 16.5 Å². The van der Waals surface area contributed by atoms with Gasteiger partial charge in [0.15, 0.2) is 0 Å². The van der Waals surface area contributed by atoms with Crippen molar-refractivity contribution >= 4 is 16.5 Å². The Kier molecular flexibility index (Phi) is 4.35. The number of unbranched alkanes of at least 4 members (excludes halogenated alkanes) is 1. The maximum Gasteiger partial charge on any atom is 0.130 e. The molecule has 0 spiro atoms. The van der Waals surface area contributed by atoms with Crippen LogP contribution in [0.1, 0.15) is 36.0 Å². The lowest BCUT2D eigenvalue weighted by Crippen LogP contribution is -2.41. The highest BCUT2D eigenvalue weighted by Gasteiger charge is 2.32. The topological polar surface area (TPSA) is 39.3 Å². The Morgan fingerprint density at radius 2 is 1.89 bits per heavy atom. The molecule has 0 amide bonds. The number of aromatic amines is 1. The van der Waals surface area contributed by atoms with Crippen LogP contribution in [0, 0.1) is 0 Å². The van der Waals surface area contributed by atoms with Crippen molar-refractivity contribution in [2.75, 3.05) is 13.1 Å². The van der Waals surface area contributed by atoms with Crippen molar-refractivity contribution in [2.24, 2.45) is 0 Å². The predicted octanol–water partition coefficient (Wildman–Crippen LogP) is 4.52. The molecule has 138 valence electrons. The first-order valence-corrected chi connectivity index (χ1v) is 10.1. The van der Waals surface area contributed by atoms with Crippen molar-refractivity contribution in [3.63, 3.8) is 0 Å². The Labute approximate surface area is 160 Å². The van der Waals surface area contributed by atoms with Crippen molar-refractivity contribution in [3.05, 3.63) is 77.0 Å². The van der Waals surface area contributed by atoms with Crippen LogP contribution in [0.5, 0.6) is 0 Å². The molecule has 1 aromatic heterocycles. The van der Waals surface area contributed by atoms with Crippen molar-refractivity contribution in [3.8, 4) is 0 Å². The molecule has 2 heterocycles. The first kappa shape index (κ1) is 16.8. The van der Waals surface area contributed by atoms with E-state index in [1.165, 1.54) is 38.7 Å². The molecular formula is C24H26N2O. The first-order chi connectivity index (χ1) is 13.3. The number of benzene rings is 2. The molecule has 3 aromatic rings. The number of nitrogens with one attached hydrogen (secondary N) is 1. The summed E-state index contributed by atoms with van der Waals surface area (Å²) in [5.41, 5.74) is 8.00. The number of nitrogens with zero attached hydrogens (tertiary/aromatic N) is 1. The van der Waals surface area contributed by atoms with Gasteiger partial charge in [0.25, 0.3) is 0 Å². The highest BCUT2D eigenvalue weighted by Crippen LogP contribution is 2.40. The number of rotatable bonds is 5. The van der Waals surface area contributed by atoms with E-state index < -0.39 is 6.23 Å². The average molecular weight is 358 g/mol. The normalized spacial score (nSPS) is 19.5. The number of aliphatic hydroxyl groups is 1. The molecular weight excluding hydrogens is 332 g/mol. The molecule has 27 heavy (non-hydrogen) atoms. The van der Waals surface area contributed by atoms with Gasteiger partial charge >= 0.3 is 0 Å². The third kappa shape index (κ3) is 3.01. The van der Waals surface area contributed by atoms with E-state index in [4.69, 9.17) is 0 Å². The molecule has 1 aliphatic heterocycles. The van der Waals surface area contributed by atoms with E-state index >= 15 is 0 Å². The van der Waals surface area contributed by atoms with E-state index in [0.717, 1.165) is 45.2 Å². The molecule has 0 bridgehead atoms. The van der Waals surface area contributed by atoms with Gasteiger partial charge in [-0.25, -0.2) is 0 Å². The third-order valence-corrected chi connectivity index (χ3v) is 6.23. The van der Waals surface area contributed by atoms with Gasteiger partial charge in [-0.05, 0) is 66.0 Å². The van der Waals surface area contributed by atoms with Gasteiger partial charge in [0.2, 0.25) is 0 Å². The summed E-state index contributed by atoms with van der Waals surface area (Å²) in [6, 6.07) is 17.1. The van der Waals surface area contributed by atoms with Crippen LogP contribution in [0.2, 0.25) is 0 Å². The van der Waals surface area contributed by atoms with Crippen molar-refractivity contribution in [2.45, 2.75) is 38.3 Å². The third-order valence-electron chi connectivity index (χ3n) is 6.23. The number of hydrogen-bond acceptors (Lipinski definition) is 2. The fourth-order valence-electron chi connectivity index (χ4n) is 4.80. The molecule has 1 atom stereocenters. The summed E-state index contributed by atoms with van der Waals surface area (Å²) >= 11 is 0. The lowest BCUT2D eigenvalue weighted by molar-refractivity contribution is 0.0265. The van der Waals surface area contributed by atoms with Crippen LogP contribution < -0.4 is 0 Å². The molecule has 1 aliphatic carbocycles. The number of aliphatic hydroxyl groups excluding tert-OH is 1. The van der Waals surface area contributed by atoms with Gasteiger partial charge in [0, 0.05) is 30.2 Å². The highest BCUT2D eigenvalue weighted by atomic mass is 16.3. The van der Waals surface area contributed by atoms with E-state index in [2.05, 4.69) is 64.6 Å². The van der Waals surface area contributed by atoms with E-state index in [1.807, 2.05) is 0 Å². The lowest BCUT2D eigenvalue weighted by atomic mass is 9.97. The van der Waals surface area contributed by atoms with Crippen molar-refractivity contribution < 1.29 is 5.11 Å². The molecule has 2 aliphatic rings. The Morgan fingerprint density at radius 1 is 1.04 bits per heavy atom. The van der Waals surface area contributed by atoms with E-state index in [1.54, 1.807) is 0 Å². The molecule has 2 aromatic carbocycles. The standard InChI is InChI=1S/C24H26N2O/c27-24-22-15-17-7-1-2-9-19(17)21(22)12-14-26(24)13-6-5-8-18-16-25-23-11-4-3-10-20(18)23/h1-4,7,9-11,16,24-25,27H,5-6,8,12-15H2. The van der Waals surface area contributed by atoms with E-state index in [9.17, 15) is 5.11 Å². The number of para-hydroxylation sites is 1. The largest absolute Gasteiger partial charge is 0.374 e. The number of fused-ring (bicyclic) bond motifs is 3. The fourth-order valence-corrected chi connectivity index (χ4v) is 4.80. The Bertz CT molecular complexity index is 1000. The minimum Gasteiger partial charge on any atom is -0.374 e. The quantitative estimate of drug-likeness (QED) is 0.658. The molecule has 0 radical (unpaired) electrons. The zero-order chi connectivity index (χ0) is 18.2. The summed E-state index contributed by atoms with van der Waals surface area (Å²) in [7, 11) is 0. The second kappa shape index (κ2) is 6.99. The summed E-state index contributed by atoms with van der Waals surface area (Å²) in [6.45, 7) is 1.93. The SMILES string of the molecule is OC1C2=C(CCN1CCCCc1c[nH]c3ccccc13)c1ccccc1C2. The minimum absolute atomic E-state index is 0.408. The van der Waals surface area contributed by atoms with Gasteiger partial charge in [-0.1, -0.05) is 42.5 Å². The summed E-state index contributed by atoms with van der Waals surface area (Å²) in [5.74, 6) is 0. The number of aromatic nitrogens is 1. The predicted molar refractivity (Wildman–Crippen MR) is 110 cm³/mol. The van der Waals surface area contributed by atoms with Gasteiger partial charge < -0.3 is 10.1 Å². The highest BCUT2D eigenvalue weighted by molar-refractivity contribution is 5.83. The van der Waals surface area contributed by atoms with Gasteiger partial charge in [0.1, 0.15) is 6.23 Å². The van der Waals surface area contributed by atoms with Crippen LogP contribution in [-0.2, 0) is 12.8 Å². The van der Waals surface area contributed by atoms with Gasteiger partial charge in [-0.2, -0.15) is 0 Å². The number of H-pyrrole nitrogens is 1. The molecule has 0 saturated heterocycles. The minimum atomic E-state index is -0.408. The Morgan fingerprint density at radius 3 is 2.85 bits per heavy atom. The molecule has 5 rings (SSSR count). The smallest absolute Gasteiger partial charge is 0.130 e. The van der Waals surface area contributed by atoms with Crippen LogP contribution in [0.15, 0.2) is 60.3 Å². The molecule has 3 heteroatoms. The summed E-state index contributed by atoms with van der Waals surface area (Å²) in [6.07, 6.45) is 7.07. The van der Waals surface area contributed by atoms with Crippen LogP contribution in [-0.4, -0.2) is 34.3 Å². The average Bonchev–Trinajstić information content (AvgIpc) is 3.29. The van der Waals surface area contributed by atoms with E-state index in [-0.39, 0.29) is 0 Å². The van der Waals surface area contributed by atoms with Crippen molar-refractivity contribution in [1.82, 2.24) is 9.88 Å². The van der Waals surface area contributed by atoms with E-state index in [0.29, 0.717) is 0 Å². The Balaban J connectivity index is 1.18. The summed E-state index contributed by atoms with van der Waals surface area (Å²) in [4.78, 5) is 5.63. The molecule has 3 nitrogen and oxygen atoms in total. The van der Waals surface area contributed by atoms with Crippen LogP contribution >= 0.6 is 0 Å². The lowest BCUT2D eigenvalue weighted by Gasteiger charge is -2.33. The first-order valence-electron chi connectivity index (χ1n) is 10.1. The summed E-state index contributed by atoms with van der Waals surface area (Å²) in [5, 5.41) is 12.2. The maximum atomic E-state index is 10.9. The second-order valence-electron chi connectivity index (χ2n) is 7.81. The van der Waals surface area contributed by atoms with Gasteiger partial charge in [-0.15, -0.1) is 0 Å². The number of hydrogen-bond donors (Lipinski definition) is 2. The Hall–Kier alpha value is -2.36. The molecule has 0 saturated carbocycles. The second-order valence-corrected chi connectivity index (χ2v) is 7.81. The van der Waals surface area contributed by atoms with Crippen LogP contribution in [0.4, 0.5) is 0 Å². The molecule has 2 N–H and O–H groups in total.